The van der Waals surface area contributed by atoms with Gasteiger partial charge in [-0.1, -0.05) is 24.4 Å². The van der Waals surface area contributed by atoms with Crippen LogP contribution in [-0.4, -0.2) is 28.0 Å². The van der Waals surface area contributed by atoms with Crippen molar-refractivity contribution in [1.82, 2.24) is 20.8 Å². The van der Waals surface area contributed by atoms with Crippen molar-refractivity contribution in [3.05, 3.63) is 11.7 Å². The van der Waals surface area contributed by atoms with E-state index >= 15 is 0 Å². The van der Waals surface area contributed by atoms with Crippen molar-refractivity contribution in [2.45, 2.75) is 65.0 Å². The Morgan fingerprint density at radius 2 is 2.05 bits per heavy atom. The first-order valence-electron chi connectivity index (χ1n) is 7.91. The number of hydrogen-bond donors (Lipinski definition) is 2. The third-order valence-electron chi connectivity index (χ3n) is 3.96. The van der Waals surface area contributed by atoms with Crippen molar-refractivity contribution >= 4 is 11.8 Å². The van der Waals surface area contributed by atoms with Gasteiger partial charge < -0.3 is 15.2 Å². The standard InChI is InChI=1S/C15H24N4O3/c1-10(15(21)16-9-13-18-11(2)22-19-13)17-14(20)8-12-6-4-3-5-7-12/h10,12H,3-9H2,1-2H3,(H,16,21)(H,17,20)/t10-/m0/s1. The lowest BCUT2D eigenvalue weighted by Gasteiger charge is -2.22. The Morgan fingerprint density at radius 3 is 2.68 bits per heavy atom. The largest absolute Gasteiger partial charge is 0.347 e. The molecule has 0 spiro atoms. The van der Waals surface area contributed by atoms with E-state index in [2.05, 4.69) is 20.8 Å². The quantitative estimate of drug-likeness (QED) is 0.829. The fraction of sp³-hybridized carbons (Fsp3) is 0.733. The van der Waals surface area contributed by atoms with Gasteiger partial charge in [-0.3, -0.25) is 9.59 Å². The molecule has 1 atom stereocenters. The Balaban J connectivity index is 1.69. The van der Waals surface area contributed by atoms with Gasteiger partial charge >= 0.3 is 0 Å². The molecule has 1 fully saturated rings. The van der Waals surface area contributed by atoms with E-state index in [-0.39, 0.29) is 18.4 Å². The van der Waals surface area contributed by atoms with E-state index in [0.29, 0.717) is 24.1 Å². The van der Waals surface area contributed by atoms with Crippen molar-refractivity contribution < 1.29 is 14.1 Å². The smallest absolute Gasteiger partial charge is 0.242 e. The fourth-order valence-corrected chi connectivity index (χ4v) is 2.75. The van der Waals surface area contributed by atoms with E-state index < -0.39 is 6.04 Å². The molecule has 1 aromatic rings. The highest BCUT2D eigenvalue weighted by molar-refractivity contribution is 5.87. The maximum atomic E-state index is 12.0. The first kappa shape index (κ1) is 16.5. The number of nitrogens with zero attached hydrogens (tertiary/aromatic N) is 2. The molecule has 7 nitrogen and oxygen atoms in total. The predicted octanol–water partition coefficient (Wildman–Crippen LogP) is 1.47. The van der Waals surface area contributed by atoms with Crippen LogP contribution in [0.3, 0.4) is 0 Å². The predicted molar refractivity (Wildman–Crippen MR) is 79.7 cm³/mol. The summed E-state index contributed by atoms with van der Waals surface area (Å²) in [6.45, 7) is 3.56. The van der Waals surface area contributed by atoms with Gasteiger partial charge in [0.25, 0.3) is 0 Å². The SMILES string of the molecule is Cc1nc(CNC(=O)[C@H](C)NC(=O)CC2CCCCC2)no1. The fourth-order valence-electron chi connectivity index (χ4n) is 2.75. The van der Waals surface area contributed by atoms with Crippen LogP contribution in [0.2, 0.25) is 0 Å². The molecule has 1 saturated carbocycles. The molecule has 1 aliphatic carbocycles. The number of carbonyl (C=O) groups excluding carboxylic acids is 2. The minimum Gasteiger partial charge on any atom is -0.347 e. The van der Waals surface area contributed by atoms with E-state index in [4.69, 9.17) is 4.52 Å². The van der Waals surface area contributed by atoms with Crippen molar-refractivity contribution in [2.75, 3.05) is 0 Å². The second kappa shape index (κ2) is 7.91. The molecule has 2 N–H and O–H groups in total. The Kier molecular flexibility index (Phi) is 5.91. The highest BCUT2D eigenvalue weighted by Crippen LogP contribution is 2.26. The summed E-state index contributed by atoms with van der Waals surface area (Å²) in [5, 5.41) is 9.13. The first-order valence-corrected chi connectivity index (χ1v) is 7.91. The normalized spacial score (nSPS) is 17.0. The molecule has 0 bridgehead atoms. The zero-order valence-electron chi connectivity index (χ0n) is 13.2. The molecule has 0 aliphatic heterocycles. The summed E-state index contributed by atoms with van der Waals surface area (Å²) in [5.41, 5.74) is 0. The van der Waals surface area contributed by atoms with Crippen LogP contribution in [0.15, 0.2) is 4.52 Å². The number of amides is 2. The molecule has 22 heavy (non-hydrogen) atoms. The Bertz CT molecular complexity index is 509. The number of aromatic nitrogens is 2. The number of nitrogens with one attached hydrogen (secondary N) is 2. The summed E-state index contributed by atoms with van der Waals surface area (Å²) >= 11 is 0. The molecule has 0 radical (unpaired) electrons. The molecule has 2 amide bonds. The molecule has 0 saturated heterocycles. The summed E-state index contributed by atoms with van der Waals surface area (Å²) in [4.78, 5) is 27.9. The highest BCUT2D eigenvalue weighted by Gasteiger charge is 2.20. The maximum Gasteiger partial charge on any atom is 0.242 e. The minimum atomic E-state index is -0.566. The molecular formula is C15H24N4O3. The van der Waals surface area contributed by atoms with Gasteiger partial charge in [-0.25, -0.2) is 0 Å². The molecule has 122 valence electrons. The van der Waals surface area contributed by atoms with Gasteiger partial charge in [-0.15, -0.1) is 0 Å². The van der Waals surface area contributed by atoms with E-state index in [1.807, 2.05) is 0 Å². The number of aryl methyl sites for hydroxylation is 1. The molecule has 2 rings (SSSR count). The van der Waals surface area contributed by atoms with Crippen molar-refractivity contribution in [3.8, 4) is 0 Å². The average Bonchev–Trinajstić information content (AvgIpc) is 2.91. The highest BCUT2D eigenvalue weighted by atomic mass is 16.5. The van der Waals surface area contributed by atoms with E-state index in [0.717, 1.165) is 12.8 Å². The van der Waals surface area contributed by atoms with E-state index in [1.54, 1.807) is 13.8 Å². The minimum absolute atomic E-state index is 0.0510. The van der Waals surface area contributed by atoms with Gasteiger partial charge in [0.2, 0.25) is 17.7 Å². The van der Waals surface area contributed by atoms with Crippen molar-refractivity contribution in [2.24, 2.45) is 5.92 Å². The van der Waals surface area contributed by atoms with Gasteiger partial charge in [-0.2, -0.15) is 4.98 Å². The number of carbonyl (C=O) groups is 2. The molecule has 0 aromatic carbocycles. The second-order valence-corrected chi connectivity index (χ2v) is 5.94. The topological polar surface area (TPSA) is 97.1 Å². The lowest BCUT2D eigenvalue weighted by Crippen LogP contribution is -2.45. The van der Waals surface area contributed by atoms with Gasteiger partial charge in [0, 0.05) is 13.3 Å². The van der Waals surface area contributed by atoms with Gasteiger partial charge in [0.1, 0.15) is 6.04 Å². The monoisotopic (exact) mass is 308 g/mol. The van der Waals surface area contributed by atoms with Crippen molar-refractivity contribution in [1.29, 1.82) is 0 Å². The molecule has 1 aliphatic rings. The van der Waals surface area contributed by atoms with Crippen LogP contribution in [0.1, 0.15) is 57.2 Å². The van der Waals surface area contributed by atoms with Crippen LogP contribution in [0.4, 0.5) is 0 Å². The first-order chi connectivity index (χ1) is 10.5. The lowest BCUT2D eigenvalue weighted by atomic mass is 9.87. The summed E-state index contributed by atoms with van der Waals surface area (Å²) in [6.07, 6.45) is 6.43. The molecule has 0 unspecified atom stereocenters. The van der Waals surface area contributed by atoms with Crippen LogP contribution in [-0.2, 0) is 16.1 Å². The number of rotatable bonds is 6. The maximum absolute atomic E-state index is 12.0. The summed E-state index contributed by atoms with van der Waals surface area (Å²) < 4.78 is 4.82. The molecule has 1 heterocycles. The Hall–Kier alpha value is -1.92. The van der Waals surface area contributed by atoms with Crippen molar-refractivity contribution in [3.63, 3.8) is 0 Å². The summed E-state index contributed by atoms with van der Waals surface area (Å²) in [7, 11) is 0. The average molecular weight is 308 g/mol. The lowest BCUT2D eigenvalue weighted by molar-refractivity contribution is -0.129. The summed E-state index contributed by atoms with van der Waals surface area (Å²) in [6, 6.07) is -0.566. The van der Waals surface area contributed by atoms with Crippen LogP contribution in [0, 0.1) is 12.8 Å². The van der Waals surface area contributed by atoms with Gasteiger partial charge in [0.05, 0.1) is 6.54 Å². The number of hydrogen-bond acceptors (Lipinski definition) is 5. The third-order valence-corrected chi connectivity index (χ3v) is 3.96. The summed E-state index contributed by atoms with van der Waals surface area (Å²) in [5.74, 6) is 1.04. The van der Waals surface area contributed by atoms with Gasteiger partial charge in [-0.05, 0) is 25.7 Å². The van der Waals surface area contributed by atoms with E-state index in [1.165, 1.54) is 19.3 Å². The zero-order valence-corrected chi connectivity index (χ0v) is 13.2. The Labute approximate surface area is 130 Å². The van der Waals surface area contributed by atoms with Crippen LogP contribution >= 0.6 is 0 Å². The Morgan fingerprint density at radius 1 is 1.32 bits per heavy atom. The van der Waals surface area contributed by atoms with E-state index in [9.17, 15) is 9.59 Å². The van der Waals surface area contributed by atoms with Crippen LogP contribution in [0.5, 0.6) is 0 Å². The second-order valence-electron chi connectivity index (χ2n) is 5.94. The molecule has 1 aromatic heterocycles. The third kappa shape index (κ3) is 5.13. The van der Waals surface area contributed by atoms with Gasteiger partial charge in [0.15, 0.2) is 5.82 Å². The zero-order chi connectivity index (χ0) is 15.9. The van der Waals surface area contributed by atoms with Crippen LogP contribution in [0.25, 0.3) is 0 Å². The molecular weight excluding hydrogens is 284 g/mol. The van der Waals surface area contributed by atoms with Crippen LogP contribution < -0.4 is 10.6 Å². The molecule has 7 heteroatoms.